The van der Waals surface area contributed by atoms with Gasteiger partial charge in [-0.2, -0.15) is 0 Å². The van der Waals surface area contributed by atoms with E-state index in [0.29, 0.717) is 34.9 Å². The van der Waals surface area contributed by atoms with Crippen LogP contribution < -0.4 is 0 Å². The van der Waals surface area contributed by atoms with Gasteiger partial charge in [-0.3, -0.25) is 4.79 Å². The van der Waals surface area contributed by atoms with Gasteiger partial charge in [0.2, 0.25) is 0 Å². The number of ketones is 1. The summed E-state index contributed by atoms with van der Waals surface area (Å²) in [7, 11) is 0. The largest absolute Gasteiger partial charge is 0.389 e. The molecule has 0 heterocycles. The number of carbonyl (C=O) groups is 1. The van der Waals surface area contributed by atoms with Crippen molar-refractivity contribution in [1.29, 1.82) is 0 Å². The first-order valence-corrected chi connectivity index (χ1v) is 11.4. The lowest BCUT2D eigenvalue weighted by Crippen LogP contribution is -2.59. The molecule has 4 unspecified atom stereocenters. The lowest BCUT2D eigenvalue weighted by Gasteiger charge is -2.63. The molecule has 4 rings (SSSR count). The van der Waals surface area contributed by atoms with Gasteiger partial charge in [-0.25, -0.2) is 0 Å². The van der Waals surface area contributed by atoms with E-state index in [1.165, 1.54) is 32.1 Å². The van der Waals surface area contributed by atoms with Gasteiger partial charge in [-0.1, -0.05) is 41.0 Å². The molecule has 9 atom stereocenters. The maximum Gasteiger partial charge on any atom is 0.133 e. The molecule has 0 aliphatic heterocycles. The third kappa shape index (κ3) is 2.23. The molecule has 0 aromatic rings. The van der Waals surface area contributed by atoms with Crippen molar-refractivity contribution in [3.8, 4) is 0 Å². The van der Waals surface area contributed by atoms with Crippen LogP contribution in [0.25, 0.3) is 0 Å². The standard InChI is InChI=1S/C24H40O2/c1-6-15(2)24(26)12-10-20-19-8-7-17-14-18(25)13-16(3)23(17,5)21(19)9-11-22(20,24)4/h15-17,19-21,26H,6-14H2,1-5H3/t15?,16?,17?,19-,20-,21+,22-,23-,24?/m0/s1. The lowest BCUT2D eigenvalue weighted by atomic mass is 9.42. The van der Waals surface area contributed by atoms with Gasteiger partial charge in [0.25, 0.3) is 0 Å². The summed E-state index contributed by atoms with van der Waals surface area (Å²) in [5.41, 5.74) is -0.0287. The zero-order chi connectivity index (χ0) is 18.9. The first-order valence-electron chi connectivity index (χ1n) is 11.4. The Morgan fingerprint density at radius 1 is 1.08 bits per heavy atom. The van der Waals surface area contributed by atoms with Crippen molar-refractivity contribution >= 4 is 5.78 Å². The van der Waals surface area contributed by atoms with Crippen molar-refractivity contribution in [3.05, 3.63) is 0 Å². The van der Waals surface area contributed by atoms with Crippen molar-refractivity contribution in [2.45, 2.75) is 98.0 Å². The molecule has 0 aromatic heterocycles. The van der Waals surface area contributed by atoms with Gasteiger partial charge in [0.1, 0.15) is 5.78 Å². The van der Waals surface area contributed by atoms with Gasteiger partial charge in [0, 0.05) is 12.8 Å². The molecule has 4 saturated carbocycles. The fraction of sp³-hybridized carbons (Fsp3) is 0.958. The average Bonchev–Trinajstić information content (AvgIpc) is 2.88. The summed E-state index contributed by atoms with van der Waals surface area (Å²) >= 11 is 0. The van der Waals surface area contributed by atoms with E-state index in [9.17, 15) is 9.90 Å². The lowest BCUT2D eigenvalue weighted by molar-refractivity contribution is -0.179. The van der Waals surface area contributed by atoms with Gasteiger partial charge in [0.05, 0.1) is 5.60 Å². The van der Waals surface area contributed by atoms with Crippen LogP contribution in [0.15, 0.2) is 0 Å². The second-order valence-corrected chi connectivity index (χ2v) is 11.1. The fourth-order valence-corrected chi connectivity index (χ4v) is 8.68. The van der Waals surface area contributed by atoms with Crippen LogP contribution in [0.5, 0.6) is 0 Å². The smallest absolute Gasteiger partial charge is 0.133 e. The normalized spacial score (nSPS) is 55.0. The second-order valence-electron chi connectivity index (χ2n) is 11.1. The summed E-state index contributed by atoms with van der Waals surface area (Å²) in [6, 6.07) is 0. The molecule has 1 N–H and O–H groups in total. The number of hydrogen-bond acceptors (Lipinski definition) is 2. The maximum absolute atomic E-state index is 12.2. The van der Waals surface area contributed by atoms with Crippen molar-refractivity contribution in [2.75, 3.05) is 0 Å². The predicted octanol–water partition coefficient (Wildman–Crippen LogP) is 5.62. The second kappa shape index (κ2) is 6.06. The Morgan fingerprint density at radius 2 is 1.77 bits per heavy atom. The first-order chi connectivity index (χ1) is 12.2. The highest BCUT2D eigenvalue weighted by Crippen LogP contribution is 2.69. The van der Waals surface area contributed by atoms with E-state index in [1.54, 1.807) is 0 Å². The van der Waals surface area contributed by atoms with E-state index in [-0.39, 0.29) is 5.41 Å². The van der Waals surface area contributed by atoms with Crippen molar-refractivity contribution in [1.82, 2.24) is 0 Å². The fourth-order valence-electron chi connectivity index (χ4n) is 8.68. The molecule has 148 valence electrons. The number of hydrogen-bond donors (Lipinski definition) is 1. The molecule has 4 aliphatic carbocycles. The Hall–Kier alpha value is -0.370. The van der Waals surface area contributed by atoms with Crippen LogP contribution in [-0.4, -0.2) is 16.5 Å². The maximum atomic E-state index is 12.2. The number of fused-ring (bicyclic) bond motifs is 5. The highest BCUT2D eigenvalue weighted by atomic mass is 16.3. The first kappa shape index (κ1) is 19.0. The summed E-state index contributed by atoms with van der Waals surface area (Å²) in [5.74, 6) is 4.26. The zero-order valence-electron chi connectivity index (χ0n) is 17.7. The van der Waals surface area contributed by atoms with Crippen LogP contribution in [0.1, 0.15) is 92.4 Å². The van der Waals surface area contributed by atoms with E-state index in [0.717, 1.165) is 37.5 Å². The molecule has 0 aromatic carbocycles. The van der Waals surface area contributed by atoms with Crippen molar-refractivity contribution < 1.29 is 9.90 Å². The summed E-state index contributed by atoms with van der Waals surface area (Å²) in [5, 5.41) is 11.7. The highest BCUT2D eigenvalue weighted by Gasteiger charge is 2.66. The average molecular weight is 361 g/mol. The third-order valence-electron chi connectivity index (χ3n) is 10.7. The van der Waals surface area contributed by atoms with Crippen LogP contribution in [0.2, 0.25) is 0 Å². The quantitative estimate of drug-likeness (QED) is 0.694. The van der Waals surface area contributed by atoms with Gasteiger partial charge in [-0.15, -0.1) is 0 Å². The van der Waals surface area contributed by atoms with E-state index in [1.807, 2.05) is 0 Å². The van der Waals surface area contributed by atoms with Gasteiger partial charge in [-0.05, 0) is 84.9 Å². The zero-order valence-corrected chi connectivity index (χ0v) is 17.7. The summed E-state index contributed by atoms with van der Waals surface area (Å²) in [6.07, 6.45) is 9.91. The molecule has 2 heteroatoms. The molecule has 2 nitrogen and oxygen atoms in total. The molecule has 4 fully saturated rings. The topological polar surface area (TPSA) is 37.3 Å². The van der Waals surface area contributed by atoms with Gasteiger partial charge < -0.3 is 5.11 Å². The molecular formula is C24H40O2. The Morgan fingerprint density at radius 3 is 2.46 bits per heavy atom. The minimum Gasteiger partial charge on any atom is -0.389 e. The van der Waals surface area contributed by atoms with E-state index in [4.69, 9.17) is 0 Å². The van der Waals surface area contributed by atoms with Gasteiger partial charge in [0.15, 0.2) is 0 Å². The predicted molar refractivity (Wildman–Crippen MR) is 106 cm³/mol. The highest BCUT2D eigenvalue weighted by molar-refractivity contribution is 5.80. The molecule has 4 aliphatic rings. The number of aliphatic hydroxyl groups is 1. The van der Waals surface area contributed by atoms with Crippen LogP contribution in [0.4, 0.5) is 0 Å². The minimum atomic E-state index is -0.469. The molecule has 0 bridgehead atoms. The Balaban J connectivity index is 1.66. The van der Waals surface area contributed by atoms with Crippen LogP contribution in [0.3, 0.4) is 0 Å². The van der Waals surface area contributed by atoms with Gasteiger partial charge >= 0.3 is 0 Å². The monoisotopic (exact) mass is 360 g/mol. The third-order valence-corrected chi connectivity index (χ3v) is 10.7. The Kier molecular flexibility index (Phi) is 4.42. The number of carbonyl (C=O) groups excluding carboxylic acids is 1. The van der Waals surface area contributed by atoms with Crippen molar-refractivity contribution in [2.24, 2.45) is 46.3 Å². The summed E-state index contributed by atoms with van der Waals surface area (Å²) in [4.78, 5) is 12.2. The minimum absolute atomic E-state index is 0.0977. The molecule has 26 heavy (non-hydrogen) atoms. The van der Waals surface area contributed by atoms with E-state index < -0.39 is 5.60 Å². The molecule has 0 amide bonds. The van der Waals surface area contributed by atoms with Crippen LogP contribution >= 0.6 is 0 Å². The number of Topliss-reactive ketones (excluding diaryl/α,β-unsaturated/α-hetero) is 1. The van der Waals surface area contributed by atoms with Crippen LogP contribution in [-0.2, 0) is 4.79 Å². The Bertz CT molecular complexity index is 585. The molecule has 0 spiro atoms. The van der Waals surface area contributed by atoms with Crippen LogP contribution in [0, 0.1) is 46.3 Å². The number of rotatable bonds is 2. The summed E-state index contributed by atoms with van der Waals surface area (Å²) < 4.78 is 0. The molecular weight excluding hydrogens is 320 g/mol. The Labute approximate surface area is 160 Å². The molecule has 0 saturated heterocycles. The van der Waals surface area contributed by atoms with E-state index in [2.05, 4.69) is 34.6 Å². The SMILES string of the molecule is CCC(C)C1(O)CC[C@H]2[C@@H]3CCC4CC(=O)CC(C)[C@]4(C)[C@@H]3CC[C@@]21C. The summed E-state index contributed by atoms with van der Waals surface area (Å²) in [6.45, 7) is 11.8. The van der Waals surface area contributed by atoms with E-state index >= 15 is 0 Å². The molecule has 0 radical (unpaired) electrons. The van der Waals surface area contributed by atoms with Crippen molar-refractivity contribution in [3.63, 3.8) is 0 Å².